The molecule has 3 aromatic rings. The van der Waals surface area contributed by atoms with Crippen LogP contribution in [0.5, 0.6) is 0 Å². The van der Waals surface area contributed by atoms with E-state index in [1.54, 1.807) is 6.20 Å². The molecule has 0 radical (unpaired) electrons. The van der Waals surface area contributed by atoms with E-state index in [0.29, 0.717) is 16.8 Å². The number of fused-ring (bicyclic) bond motifs is 2. The lowest BCUT2D eigenvalue weighted by Crippen LogP contribution is -2.43. The number of carbonyl (C=O) groups is 1. The summed E-state index contributed by atoms with van der Waals surface area (Å²) in [6.07, 6.45) is 5.69. The Morgan fingerprint density at radius 2 is 2.18 bits per heavy atom. The second-order valence-electron chi connectivity index (χ2n) is 7.37. The van der Waals surface area contributed by atoms with Crippen LogP contribution in [0.2, 0.25) is 0 Å². The summed E-state index contributed by atoms with van der Waals surface area (Å²) in [6.45, 7) is 0.171. The fraction of sp³-hybridized carbons (Fsp3) is 0.350. The van der Waals surface area contributed by atoms with Crippen molar-refractivity contribution in [3.05, 3.63) is 41.3 Å². The van der Waals surface area contributed by atoms with Gasteiger partial charge in [0.1, 0.15) is 4.83 Å². The van der Waals surface area contributed by atoms with Gasteiger partial charge in [-0.1, -0.05) is 18.9 Å². The second-order valence-corrected chi connectivity index (χ2v) is 8.40. The molecular formula is C20H20FN5OS. The third-order valence-corrected chi connectivity index (χ3v) is 6.62. The summed E-state index contributed by atoms with van der Waals surface area (Å²) >= 11 is 1.45. The molecule has 0 bridgehead atoms. The van der Waals surface area contributed by atoms with Crippen LogP contribution in [-0.2, 0) is 6.54 Å². The molecule has 2 unspecified atom stereocenters. The standard InChI is InChI=1S/C20H20FN5OS/c21-16-11-9-24-19(27)15(11)17(14-8-10-4-3-7-23-20(10)28-14)26-18(16)25-13-6-2-1-5-12(13)22/h3-4,7-8,12-13H,1-2,5-6,9,22H2,(H,24,27)(H,25,26). The highest BCUT2D eigenvalue weighted by atomic mass is 32.1. The Morgan fingerprint density at radius 1 is 1.32 bits per heavy atom. The number of amides is 1. The third kappa shape index (κ3) is 2.84. The first kappa shape index (κ1) is 17.5. The van der Waals surface area contributed by atoms with Crippen LogP contribution in [0.1, 0.15) is 41.6 Å². The summed E-state index contributed by atoms with van der Waals surface area (Å²) in [6, 6.07) is 5.74. The van der Waals surface area contributed by atoms with Crippen LogP contribution in [0.3, 0.4) is 0 Å². The molecule has 1 fully saturated rings. The van der Waals surface area contributed by atoms with E-state index in [0.717, 1.165) is 40.8 Å². The maximum absolute atomic E-state index is 15.2. The van der Waals surface area contributed by atoms with E-state index in [1.807, 2.05) is 18.2 Å². The average Bonchev–Trinajstić information content (AvgIpc) is 3.30. The number of nitrogens with zero attached hydrogens (tertiary/aromatic N) is 2. The Balaban J connectivity index is 1.63. The molecule has 28 heavy (non-hydrogen) atoms. The molecule has 6 nitrogen and oxygen atoms in total. The third-order valence-electron chi connectivity index (χ3n) is 5.56. The van der Waals surface area contributed by atoms with Gasteiger partial charge in [-0.2, -0.15) is 0 Å². The predicted octanol–water partition coefficient (Wildman–Crippen LogP) is 3.42. The van der Waals surface area contributed by atoms with Gasteiger partial charge in [0.05, 0.1) is 16.1 Å². The largest absolute Gasteiger partial charge is 0.363 e. The van der Waals surface area contributed by atoms with E-state index in [1.165, 1.54) is 11.3 Å². The molecule has 1 saturated carbocycles. The minimum Gasteiger partial charge on any atom is -0.363 e. The van der Waals surface area contributed by atoms with Gasteiger partial charge in [0, 0.05) is 35.8 Å². The van der Waals surface area contributed by atoms with Gasteiger partial charge in [0.25, 0.3) is 5.91 Å². The zero-order valence-corrected chi connectivity index (χ0v) is 16.0. The Morgan fingerprint density at radius 3 is 3.00 bits per heavy atom. The van der Waals surface area contributed by atoms with E-state index >= 15 is 4.39 Å². The number of thiophene rings is 1. The summed E-state index contributed by atoms with van der Waals surface area (Å²) in [4.78, 5) is 23.0. The van der Waals surface area contributed by atoms with Crippen molar-refractivity contribution < 1.29 is 9.18 Å². The Hall–Kier alpha value is -2.58. The van der Waals surface area contributed by atoms with Gasteiger partial charge in [-0.25, -0.2) is 14.4 Å². The van der Waals surface area contributed by atoms with Gasteiger partial charge < -0.3 is 16.4 Å². The van der Waals surface area contributed by atoms with Gasteiger partial charge >= 0.3 is 0 Å². The number of nitrogens with one attached hydrogen (secondary N) is 2. The second kappa shape index (κ2) is 6.79. The molecule has 0 spiro atoms. The van der Waals surface area contributed by atoms with E-state index in [9.17, 15) is 4.79 Å². The number of aromatic nitrogens is 2. The first-order valence-corrected chi connectivity index (χ1v) is 10.3. The first-order valence-electron chi connectivity index (χ1n) is 9.49. The average molecular weight is 397 g/mol. The van der Waals surface area contributed by atoms with Crippen LogP contribution in [-0.4, -0.2) is 28.0 Å². The van der Waals surface area contributed by atoms with Gasteiger partial charge in [0.2, 0.25) is 0 Å². The lowest BCUT2D eigenvalue weighted by atomic mass is 9.91. The van der Waals surface area contributed by atoms with E-state index < -0.39 is 5.82 Å². The number of rotatable bonds is 3. The van der Waals surface area contributed by atoms with Gasteiger partial charge in [0.15, 0.2) is 11.6 Å². The number of hydrogen-bond acceptors (Lipinski definition) is 6. The number of nitrogens with two attached hydrogens (primary N) is 1. The number of pyridine rings is 2. The molecule has 4 N–H and O–H groups in total. The summed E-state index contributed by atoms with van der Waals surface area (Å²) in [5, 5.41) is 6.93. The summed E-state index contributed by atoms with van der Waals surface area (Å²) in [7, 11) is 0. The first-order chi connectivity index (χ1) is 13.6. The van der Waals surface area contributed by atoms with Gasteiger partial charge in [-0.3, -0.25) is 4.79 Å². The summed E-state index contributed by atoms with van der Waals surface area (Å²) in [5.41, 5.74) is 7.42. The van der Waals surface area contributed by atoms with Crippen molar-refractivity contribution in [2.24, 2.45) is 5.73 Å². The van der Waals surface area contributed by atoms with Crippen molar-refractivity contribution in [2.75, 3.05) is 5.32 Å². The van der Waals surface area contributed by atoms with E-state index in [-0.39, 0.29) is 30.4 Å². The van der Waals surface area contributed by atoms with Crippen LogP contribution in [0, 0.1) is 5.82 Å². The molecular weight excluding hydrogens is 377 g/mol. The molecule has 1 amide bonds. The van der Waals surface area contributed by atoms with Crippen molar-refractivity contribution in [1.82, 2.24) is 15.3 Å². The fourth-order valence-electron chi connectivity index (χ4n) is 4.06. The smallest absolute Gasteiger partial charge is 0.254 e. The fourth-order valence-corrected chi connectivity index (χ4v) is 5.06. The maximum Gasteiger partial charge on any atom is 0.254 e. The summed E-state index contributed by atoms with van der Waals surface area (Å²) < 4.78 is 15.2. The highest BCUT2D eigenvalue weighted by Gasteiger charge is 2.32. The molecule has 4 heterocycles. The van der Waals surface area contributed by atoms with Crippen molar-refractivity contribution in [3.63, 3.8) is 0 Å². The molecule has 5 rings (SSSR count). The zero-order valence-electron chi connectivity index (χ0n) is 15.2. The minimum atomic E-state index is -0.464. The molecule has 1 aliphatic carbocycles. The molecule has 1 aliphatic heterocycles. The highest BCUT2D eigenvalue weighted by Crippen LogP contribution is 2.38. The summed E-state index contributed by atoms with van der Waals surface area (Å²) in [5.74, 6) is -0.574. The van der Waals surface area contributed by atoms with Crippen LogP contribution < -0.4 is 16.4 Å². The van der Waals surface area contributed by atoms with Crippen molar-refractivity contribution in [3.8, 4) is 10.6 Å². The molecule has 0 aromatic carbocycles. The van der Waals surface area contributed by atoms with Crippen LogP contribution in [0.15, 0.2) is 24.4 Å². The number of anilines is 1. The van der Waals surface area contributed by atoms with Gasteiger partial charge in [-0.15, -0.1) is 11.3 Å². The lowest BCUT2D eigenvalue weighted by Gasteiger charge is -2.30. The lowest BCUT2D eigenvalue weighted by molar-refractivity contribution is 0.0966. The topological polar surface area (TPSA) is 92.9 Å². The van der Waals surface area contributed by atoms with Crippen molar-refractivity contribution >= 4 is 33.3 Å². The van der Waals surface area contributed by atoms with E-state index in [2.05, 4.69) is 20.6 Å². The van der Waals surface area contributed by atoms with Crippen LogP contribution >= 0.6 is 11.3 Å². The molecule has 0 saturated heterocycles. The predicted molar refractivity (Wildman–Crippen MR) is 108 cm³/mol. The number of hydrogen-bond donors (Lipinski definition) is 3. The number of halogens is 1. The Kier molecular flexibility index (Phi) is 4.25. The Labute approximate surface area is 165 Å². The van der Waals surface area contributed by atoms with Gasteiger partial charge in [-0.05, 0) is 25.0 Å². The SMILES string of the molecule is NC1CCCCC1Nc1nc(-c2cc3cccnc3s2)c2c(c1F)CNC2=O. The molecule has 2 aliphatic rings. The quantitative estimate of drug-likeness (QED) is 0.630. The normalized spacial score (nSPS) is 21.6. The molecule has 2 atom stereocenters. The number of carbonyl (C=O) groups excluding carboxylic acids is 1. The maximum atomic E-state index is 15.2. The van der Waals surface area contributed by atoms with Crippen molar-refractivity contribution in [1.29, 1.82) is 0 Å². The van der Waals surface area contributed by atoms with E-state index in [4.69, 9.17) is 5.73 Å². The molecule has 8 heteroatoms. The minimum absolute atomic E-state index is 0.0178. The highest BCUT2D eigenvalue weighted by molar-refractivity contribution is 7.21. The zero-order chi connectivity index (χ0) is 19.3. The van der Waals surface area contributed by atoms with Crippen LogP contribution in [0.4, 0.5) is 10.2 Å². The Bertz CT molecular complexity index is 1050. The monoisotopic (exact) mass is 397 g/mol. The van der Waals surface area contributed by atoms with Crippen LogP contribution in [0.25, 0.3) is 20.8 Å². The molecule has 144 valence electrons. The molecule has 3 aromatic heterocycles. The van der Waals surface area contributed by atoms with Crippen molar-refractivity contribution in [2.45, 2.75) is 44.3 Å².